The summed E-state index contributed by atoms with van der Waals surface area (Å²) in [4.78, 5) is 11.3. The summed E-state index contributed by atoms with van der Waals surface area (Å²) in [6.07, 6.45) is 0.520. The molecule has 0 aliphatic carbocycles. The highest BCUT2D eigenvalue weighted by molar-refractivity contribution is 6.30. The zero-order chi connectivity index (χ0) is 12.3. The average molecular weight is 241 g/mol. The summed E-state index contributed by atoms with van der Waals surface area (Å²) in [5, 5.41) is -0.606. The number of carbonyl (C=O) groups is 1. The van der Waals surface area contributed by atoms with Gasteiger partial charge in [0.25, 0.3) is 0 Å². The minimum absolute atomic E-state index is 0.374. The Hall–Kier alpha value is -1.02. The molecule has 0 unspecified atom stereocenters. The molecule has 0 heterocycles. The molecule has 0 aromatic heterocycles. The van der Waals surface area contributed by atoms with Gasteiger partial charge in [-0.2, -0.15) is 0 Å². The van der Waals surface area contributed by atoms with Gasteiger partial charge in [0, 0.05) is 0 Å². The summed E-state index contributed by atoms with van der Waals surface area (Å²) in [7, 11) is 1.35. The second kappa shape index (κ2) is 5.35. The second-order valence-electron chi connectivity index (χ2n) is 4.07. The first-order valence-electron chi connectivity index (χ1n) is 5.24. The lowest BCUT2D eigenvalue weighted by Gasteiger charge is -2.13. The maximum Gasteiger partial charge on any atom is 0.324 e. The highest BCUT2D eigenvalue weighted by Crippen LogP contribution is 2.20. The van der Waals surface area contributed by atoms with Crippen LogP contribution < -0.4 is 0 Å². The van der Waals surface area contributed by atoms with Crippen molar-refractivity contribution in [3.8, 4) is 0 Å². The van der Waals surface area contributed by atoms with Crippen molar-refractivity contribution in [2.24, 2.45) is 0 Å². The number of hydrogen-bond acceptors (Lipinski definition) is 2. The fraction of sp³-hybridized carbons (Fsp3) is 0.462. The van der Waals surface area contributed by atoms with Crippen LogP contribution in [0.4, 0.5) is 0 Å². The average Bonchev–Trinajstić information content (AvgIpc) is 2.21. The molecule has 1 aromatic carbocycles. The van der Waals surface area contributed by atoms with Crippen molar-refractivity contribution in [2.75, 3.05) is 7.11 Å². The Morgan fingerprint density at radius 2 is 1.81 bits per heavy atom. The summed E-state index contributed by atoms with van der Waals surface area (Å²) < 4.78 is 4.62. The van der Waals surface area contributed by atoms with Gasteiger partial charge >= 0.3 is 5.97 Å². The normalized spacial score (nSPS) is 12.3. The summed E-state index contributed by atoms with van der Waals surface area (Å²) in [5.41, 5.74) is 4.71. The third-order valence-corrected chi connectivity index (χ3v) is 3.01. The molecule has 1 rings (SSSR count). The van der Waals surface area contributed by atoms with E-state index in [0.29, 0.717) is 6.42 Å². The molecule has 0 aliphatic heterocycles. The molecule has 0 aliphatic rings. The monoisotopic (exact) mass is 240 g/mol. The predicted molar refractivity (Wildman–Crippen MR) is 66.0 cm³/mol. The summed E-state index contributed by atoms with van der Waals surface area (Å²) in [6.45, 7) is 6.13. The van der Waals surface area contributed by atoms with Gasteiger partial charge in [-0.3, -0.25) is 4.79 Å². The third-order valence-electron chi connectivity index (χ3n) is 2.68. The maximum atomic E-state index is 11.3. The Labute approximate surface area is 102 Å². The number of esters is 1. The van der Waals surface area contributed by atoms with Crippen molar-refractivity contribution in [2.45, 2.75) is 32.6 Å². The fourth-order valence-electron chi connectivity index (χ4n) is 1.92. The fourth-order valence-corrected chi connectivity index (χ4v) is 2.17. The van der Waals surface area contributed by atoms with Gasteiger partial charge in [0.05, 0.1) is 7.11 Å². The predicted octanol–water partition coefficient (Wildman–Crippen LogP) is 2.93. The van der Waals surface area contributed by atoms with Gasteiger partial charge in [-0.25, -0.2) is 0 Å². The quantitative estimate of drug-likeness (QED) is 0.600. The van der Waals surface area contributed by atoms with Crippen LogP contribution in [-0.2, 0) is 16.0 Å². The number of aryl methyl sites for hydroxylation is 3. The van der Waals surface area contributed by atoms with E-state index in [-0.39, 0.29) is 5.97 Å². The van der Waals surface area contributed by atoms with Crippen molar-refractivity contribution in [3.63, 3.8) is 0 Å². The molecule has 1 aromatic rings. The van der Waals surface area contributed by atoms with Gasteiger partial charge in [-0.1, -0.05) is 17.7 Å². The molecule has 16 heavy (non-hydrogen) atoms. The number of alkyl halides is 1. The molecule has 0 spiro atoms. The number of carbonyl (C=O) groups excluding carboxylic acids is 1. The van der Waals surface area contributed by atoms with Crippen LogP contribution in [0.3, 0.4) is 0 Å². The molecular formula is C13H17ClO2. The largest absolute Gasteiger partial charge is 0.468 e. The van der Waals surface area contributed by atoms with E-state index in [1.165, 1.54) is 23.8 Å². The molecule has 0 saturated carbocycles. The van der Waals surface area contributed by atoms with Gasteiger partial charge < -0.3 is 4.74 Å². The highest BCUT2D eigenvalue weighted by atomic mass is 35.5. The first kappa shape index (κ1) is 13.0. The van der Waals surface area contributed by atoms with Crippen LogP contribution in [0.2, 0.25) is 0 Å². The minimum atomic E-state index is -0.606. The lowest BCUT2D eigenvalue weighted by atomic mass is 9.96. The summed E-state index contributed by atoms with van der Waals surface area (Å²) >= 11 is 5.98. The molecule has 88 valence electrons. The van der Waals surface area contributed by atoms with E-state index in [4.69, 9.17) is 11.6 Å². The zero-order valence-corrected chi connectivity index (χ0v) is 10.9. The molecule has 0 amide bonds. The Balaban J connectivity index is 2.93. The van der Waals surface area contributed by atoms with E-state index in [2.05, 4.69) is 23.8 Å². The van der Waals surface area contributed by atoms with Crippen molar-refractivity contribution < 1.29 is 9.53 Å². The van der Waals surface area contributed by atoms with E-state index >= 15 is 0 Å². The van der Waals surface area contributed by atoms with Crippen LogP contribution in [-0.4, -0.2) is 18.5 Å². The van der Waals surface area contributed by atoms with Crippen molar-refractivity contribution >= 4 is 17.6 Å². The van der Waals surface area contributed by atoms with Crippen LogP contribution in [0.1, 0.15) is 22.3 Å². The molecule has 0 radical (unpaired) electrons. The number of hydrogen-bond donors (Lipinski definition) is 0. The van der Waals surface area contributed by atoms with Crippen LogP contribution >= 0.6 is 11.6 Å². The second-order valence-corrected chi connectivity index (χ2v) is 4.60. The van der Waals surface area contributed by atoms with Crippen LogP contribution in [0.5, 0.6) is 0 Å². The first-order valence-corrected chi connectivity index (χ1v) is 5.68. The van der Waals surface area contributed by atoms with E-state index in [0.717, 1.165) is 5.56 Å². The van der Waals surface area contributed by atoms with E-state index in [9.17, 15) is 4.79 Å². The smallest absolute Gasteiger partial charge is 0.324 e. The zero-order valence-electron chi connectivity index (χ0n) is 10.1. The number of ether oxygens (including phenoxy) is 1. The molecule has 3 heteroatoms. The minimum Gasteiger partial charge on any atom is -0.468 e. The topological polar surface area (TPSA) is 26.3 Å². The summed E-state index contributed by atoms with van der Waals surface area (Å²) in [6, 6.07) is 4.20. The lowest BCUT2D eigenvalue weighted by molar-refractivity contribution is -0.140. The summed E-state index contributed by atoms with van der Waals surface area (Å²) in [5.74, 6) is -0.374. The Kier molecular flexibility index (Phi) is 4.36. The third kappa shape index (κ3) is 2.99. The molecule has 0 bridgehead atoms. The maximum absolute atomic E-state index is 11.3. The Bertz CT molecular complexity index is 376. The van der Waals surface area contributed by atoms with Crippen molar-refractivity contribution in [3.05, 3.63) is 34.4 Å². The first-order chi connectivity index (χ1) is 7.45. The molecule has 1 atom stereocenters. The van der Waals surface area contributed by atoms with Crippen LogP contribution in [0.25, 0.3) is 0 Å². The standard InChI is InChI=1S/C13H17ClO2/c1-8-5-9(2)11(10(3)6-8)7-12(14)13(15)16-4/h5-6,12H,7H2,1-4H3/t12-/m1/s1. The lowest BCUT2D eigenvalue weighted by Crippen LogP contribution is -2.19. The van der Waals surface area contributed by atoms with Crippen LogP contribution in [0, 0.1) is 20.8 Å². The van der Waals surface area contributed by atoms with Crippen molar-refractivity contribution in [1.82, 2.24) is 0 Å². The van der Waals surface area contributed by atoms with Gasteiger partial charge in [0.1, 0.15) is 5.38 Å². The number of methoxy groups -OCH3 is 1. The molecule has 2 nitrogen and oxygen atoms in total. The molecule has 0 saturated heterocycles. The van der Waals surface area contributed by atoms with Gasteiger partial charge in [-0.15, -0.1) is 11.6 Å². The Morgan fingerprint density at radius 3 is 2.25 bits per heavy atom. The van der Waals surface area contributed by atoms with Crippen LogP contribution in [0.15, 0.2) is 12.1 Å². The SMILES string of the molecule is COC(=O)[C@H](Cl)Cc1c(C)cc(C)cc1C. The van der Waals surface area contributed by atoms with E-state index in [1.807, 2.05) is 13.8 Å². The van der Waals surface area contributed by atoms with Crippen molar-refractivity contribution in [1.29, 1.82) is 0 Å². The molecule has 0 fully saturated rings. The van der Waals surface area contributed by atoms with Gasteiger partial charge in [0.2, 0.25) is 0 Å². The van der Waals surface area contributed by atoms with Gasteiger partial charge in [-0.05, 0) is 43.9 Å². The van der Waals surface area contributed by atoms with Gasteiger partial charge in [0.15, 0.2) is 0 Å². The number of rotatable bonds is 3. The molecular weight excluding hydrogens is 224 g/mol. The van der Waals surface area contributed by atoms with E-state index < -0.39 is 5.38 Å². The Morgan fingerprint density at radius 1 is 1.31 bits per heavy atom. The highest BCUT2D eigenvalue weighted by Gasteiger charge is 2.18. The number of halogens is 1. The molecule has 0 N–H and O–H groups in total. The van der Waals surface area contributed by atoms with E-state index in [1.54, 1.807) is 0 Å². The number of benzene rings is 1.